The highest BCUT2D eigenvalue weighted by molar-refractivity contribution is 5.90. The van der Waals surface area contributed by atoms with Crippen molar-refractivity contribution in [2.45, 2.75) is 32.4 Å². The summed E-state index contributed by atoms with van der Waals surface area (Å²) in [7, 11) is 0. The molecule has 6 heteroatoms. The van der Waals surface area contributed by atoms with Gasteiger partial charge in [-0.3, -0.25) is 9.69 Å². The number of hydrogen-bond donors (Lipinski definition) is 2. The molecule has 1 fully saturated rings. The molecule has 0 bridgehead atoms. The average molecular weight is 303 g/mol. The summed E-state index contributed by atoms with van der Waals surface area (Å²) in [5.41, 5.74) is 3.46. The standard InChI is InChI=1S/C16H21N3O3/c1-11(20)18-9-15-10-19(16(21)22-15)14-5-4-13-8-17-6-2-3-12(13)7-14/h4-5,7,15,17H,2-3,6,8-10H2,1H3,(H,18,20)/t15-/m0/s1. The summed E-state index contributed by atoms with van der Waals surface area (Å²) in [6, 6.07) is 6.13. The number of nitrogens with one attached hydrogen (secondary N) is 2. The molecule has 2 aliphatic heterocycles. The topological polar surface area (TPSA) is 70.7 Å². The van der Waals surface area contributed by atoms with Crippen molar-refractivity contribution >= 4 is 17.7 Å². The van der Waals surface area contributed by atoms with Crippen LogP contribution in [-0.4, -0.2) is 37.7 Å². The first-order valence-corrected chi connectivity index (χ1v) is 7.68. The maximum atomic E-state index is 12.0. The minimum absolute atomic E-state index is 0.118. The van der Waals surface area contributed by atoms with E-state index in [0.717, 1.165) is 31.6 Å². The lowest BCUT2D eigenvalue weighted by Gasteiger charge is -2.16. The fourth-order valence-electron chi connectivity index (χ4n) is 2.91. The number of nitrogens with zero attached hydrogens (tertiary/aromatic N) is 1. The van der Waals surface area contributed by atoms with Gasteiger partial charge in [0.05, 0.1) is 13.1 Å². The highest BCUT2D eigenvalue weighted by atomic mass is 16.6. The van der Waals surface area contributed by atoms with Crippen LogP contribution in [0.25, 0.3) is 0 Å². The Bertz CT molecular complexity index is 588. The van der Waals surface area contributed by atoms with Crippen molar-refractivity contribution in [2.75, 3.05) is 24.5 Å². The quantitative estimate of drug-likeness (QED) is 0.880. The normalized spacial score (nSPS) is 21.0. The molecular formula is C16H21N3O3. The van der Waals surface area contributed by atoms with Gasteiger partial charge in [-0.1, -0.05) is 6.07 Å². The zero-order valence-electron chi connectivity index (χ0n) is 12.7. The molecule has 3 rings (SSSR count). The molecule has 6 nitrogen and oxygen atoms in total. The van der Waals surface area contributed by atoms with Gasteiger partial charge in [0, 0.05) is 19.2 Å². The Morgan fingerprint density at radius 1 is 1.45 bits per heavy atom. The van der Waals surface area contributed by atoms with Gasteiger partial charge in [-0.05, 0) is 42.6 Å². The third kappa shape index (κ3) is 3.22. The molecule has 1 saturated heterocycles. The SMILES string of the molecule is CC(=O)NC[C@H]1CN(c2ccc3c(c2)CCCNC3)C(=O)O1. The third-order valence-corrected chi connectivity index (χ3v) is 4.07. The highest BCUT2D eigenvalue weighted by Crippen LogP contribution is 2.26. The zero-order valence-corrected chi connectivity index (χ0v) is 12.7. The Morgan fingerprint density at radius 2 is 2.32 bits per heavy atom. The molecule has 1 aromatic carbocycles. The van der Waals surface area contributed by atoms with Crippen LogP contribution in [0.1, 0.15) is 24.5 Å². The molecule has 22 heavy (non-hydrogen) atoms. The Labute approximate surface area is 129 Å². The van der Waals surface area contributed by atoms with Crippen molar-refractivity contribution in [3.05, 3.63) is 29.3 Å². The van der Waals surface area contributed by atoms with E-state index in [2.05, 4.69) is 22.8 Å². The van der Waals surface area contributed by atoms with E-state index >= 15 is 0 Å². The zero-order chi connectivity index (χ0) is 15.5. The van der Waals surface area contributed by atoms with Crippen molar-refractivity contribution in [2.24, 2.45) is 0 Å². The Kier molecular flexibility index (Phi) is 4.29. The number of carbonyl (C=O) groups excluding carboxylic acids is 2. The van der Waals surface area contributed by atoms with E-state index in [1.165, 1.54) is 18.1 Å². The molecule has 0 unspecified atom stereocenters. The average Bonchev–Trinajstić information content (AvgIpc) is 2.71. The van der Waals surface area contributed by atoms with Crippen molar-refractivity contribution in [3.8, 4) is 0 Å². The lowest BCUT2D eigenvalue weighted by Crippen LogP contribution is -2.33. The van der Waals surface area contributed by atoms with Crippen LogP contribution in [0, 0.1) is 0 Å². The van der Waals surface area contributed by atoms with Gasteiger partial charge in [0.1, 0.15) is 6.10 Å². The molecule has 0 aromatic heterocycles. The van der Waals surface area contributed by atoms with E-state index < -0.39 is 0 Å². The van der Waals surface area contributed by atoms with Gasteiger partial charge >= 0.3 is 6.09 Å². The maximum Gasteiger partial charge on any atom is 0.414 e. The van der Waals surface area contributed by atoms with Crippen LogP contribution in [0.3, 0.4) is 0 Å². The monoisotopic (exact) mass is 303 g/mol. The van der Waals surface area contributed by atoms with E-state index in [-0.39, 0.29) is 18.1 Å². The fourth-order valence-corrected chi connectivity index (χ4v) is 2.91. The molecule has 2 amide bonds. The predicted molar refractivity (Wildman–Crippen MR) is 82.8 cm³/mol. The number of cyclic esters (lactones) is 1. The van der Waals surface area contributed by atoms with Crippen LogP contribution in [-0.2, 0) is 22.5 Å². The van der Waals surface area contributed by atoms with E-state index in [0.29, 0.717) is 13.1 Å². The summed E-state index contributed by atoms with van der Waals surface area (Å²) in [5, 5.41) is 6.08. The van der Waals surface area contributed by atoms with Crippen molar-refractivity contribution in [1.82, 2.24) is 10.6 Å². The number of amides is 2. The Balaban J connectivity index is 1.72. The van der Waals surface area contributed by atoms with E-state index in [1.807, 2.05) is 6.07 Å². The molecule has 1 aromatic rings. The Morgan fingerprint density at radius 3 is 3.14 bits per heavy atom. The minimum Gasteiger partial charge on any atom is -0.442 e. The summed E-state index contributed by atoms with van der Waals surface area (Å²) >= 11 is 0. The molecule has 118 valence electrons. The lowest BCUT2D eigenvalue weighted by molar-refractivity contribution is -0.119. The summed E-state index contributed by atoms with van der Waals surface area (Å²) < 4.78 is 5.31. The van der Waals surface area contributed by atoms with Crippen LogP contribution in [0.15, 0.2) is 18.2 Å². The Hall–Kier alpha value is -2.08. The molecule has 2 aliphatic rings. The first-order chi connectivity index (χ1) is 10.6. The minimum atomic E-state index is -0.345. The number of aryl methyl sites for hydroxylation is 1. The van der Waals surface area contributed by atoms with Crippen LogP contribution in [0.5, 0.6) is 0 Å². The van der Waals surface area contributed by atoms with Crippen LogP contribution >= 0.6 is 0 Å². The van der Waals surface area contributed by atoms with Crippen LogP contribution in [0.4, 0.5) is 10.5 Å². The number of anilines is 1. The van der Waals surface area contributed by atoms with Gasteiger partial charge < -0.3 is 15.4 Å². The number of carbonyl (C=O) groups is 2. The molecule has 1 atom stereocenters. The number of hydrogen-bond acceptors (Lipinski definition) is 4. The smallest absolute Gasteiger partial charge is 0.414 e. The van der Waals surface area contributed by atoms with Gasteiger partial charge in [0.25, 0.3) is 0 Å². The van der Waals surface area contributed by atoms with Crippen molar-refractivity contribution < 1.29 is 14.3 Å². The lowest BCUT2D eigenvalue weighted by atomic mass is 10.0. The summed E-state index contributed by atoms with van der Waals surface area (Å²) in [4.78, 5) is 24.6. The van der Waals surface area contributed by atoms with Crippen LogP contribution in [0.2, 0.25) is 0 Å². The van der Waals surface area contributed by atoms with Crippen molar-refractivity contribution in [3.63, 3.8) is 0 Å². The molecule has 0 spiro atoms. The number of ether oxygens (including phenoxy) is 1. The first-order valence-electron chi connectivity index (χ1n) is 7.68. The van der Waals surface area contributed by atoms with E-state index in [4.69, 9.17) is 4.74 Å². The maximum absolute atomic E-state index is 12.0. The van der Waals surface area contributed by atoms with Gasteiger partial charge in [-0.15, -0.1) is 0 Å². The van der Waals surface area contributed by atoms with Crippen LogP contribution < -0.4 is 15.5 Å². The van der Waals surface area contributed by atoms with Crippen molar-refractivity contribution in [1.29, 1.82) is 0 Å². The molecular weight excluding hydrogens is 282 g/mol. The fraction of sp³-hybridized carbons (Fsp3) is 0.500. The summed E-state index contributed by atoms with van der Waals surface area (Å²) in [5.74, 6) is -0.118. The first kappa shape index (κ1) is 14.8. The summed E-state index contributed by atoms with van der Waals surface area (Å²) in [6.45, 7) is 4.18. The molecule has 0 radical (unpaired) electrons. The van der Waals surface area contributed by atoms with Gasteiger partial charge in [-0.25, -0.2) is 4.79 Å². The van der Waals surface area contributed by atoms with Gasteiger partial charge in [0.2, 0.25) is 5.91 Å². The van der Waals surface area contributed by atoms with E-state index in [1.54, 1.807) is 4.90 Å². The molecule has 0 aliphatic carbocycles. The molecule has 2 N–H and O–H groups in total. The van der Waals surface area contributed by atoms with Gasteiger partial charge in [-0.2, -0.15) is 0 Å². The number of fused-ring (bicyclic) bond motifs is 1. The second-order valence-corrected chi connectivity index (χ2v) is 5.79. The molecule has 2 heterocycles. The highest BCUT2D eigenvalue weighted by Gasteiger charge is 2.32. The summed E-state index contributed by atoms with van der Waals surface area (Å²) in [6.07, 6.45) is 1.49. The number of benzene rings is 1. The third-order valence-electron chi connectivity index (χ3n) is 4.07. The second-order valence-electron chi connectivity index (χ2n) is 5.79. The molecule has 0 saturated carbocycles. The van der Waals surface area contributed by atoms with E-state index in [9.17, 15) is 9.59 Å². The largest absolute Gasteiger partial charge is 0.442 e. The van der Waals surface area contributed by atoms with Gasteiger partial charge in [0.15, 0.2) is 0 Å². The number of rotatable bonds is 3. The predicted octanol–water partition coefficient (Wildman–Crippen LogP) is 1.18. The second kappa shape index (κ2) is 6.36.